The fraction of sp³-hybridized carbons (Fsp3) is 0.682. The van der Waals surface area contributed by atoms with Crippen molar-refractivity contribution < 1.29 is 37.3 Å². The lowest BCUT2D eigenvalue weighted by molar-refractivity contribution is -0.236. The molecule has 1 aliphatic carbocycles. The van der Waals surface area contributed by atoms with Crippen LogP contribution in [0.2, 0.25) is 0 Å². The first-order valence-electron chi connectivity index (χ1n) is 10.5. The van der Waals surface area contributed by atoms with Crippen LogP contribution in [0.1, 0.15) is 51.8 Å². The molecule has 1 saturated carbocycles. The van der Waals surface area contributed by atoms with E-state index in [4.69, 9.17) is 4.74 Å². The van der Waals surface area contributed by atoms with Crippen molar-refractivity contribution in [3.63, 3.8) is 0 Å². The number of likely N-dealkylation sites (tertiary alicyclic amines) is 1. The molecule has 0 aromatic heterocycles. The number of aliphatic hydroxyl groups is 2. The summed E-state index contributed by atoms with van der Waals surface area (Å²) in [6, 6.07) is 2.70. The standard InChI is InChI=1S/C22H30F4N2O4/c1-20(2,3)32-19(31)28-9-12-13(10-28)15(12)18(30)27-21(4,5)17(29)11-7-6-8-14(16(11)23)22(24,25)26/h6-8,12-13,15,17,19,29,31H,9-10H2,1-5H3,(H,27,30)/t12-,13+,15+,17?,19?. The number of hydrogen-bond acceptors (Lipinski definition) is 5. The van der Waals surface area contributed by atoms with Gasteiger partial charge in [0.15, 0.2) is 0 Å². The normalized spacial score (nSPS) is 25.9. The molecule has 10 heteroatoms. The Kier molecular flexibility index (Phi) is 6.40. The number of amides is 1. The lowest BCUT2D eigenvalue weighted by Crippen LogP contribution is -2.50. The highest BCUT2D eigenvalue weighted by molar-refractivity contribution is 5.83. The maximum Gasteiger partial charge on any atom is 0.419 e. The average Bonchev–Trinajstić information content (AvgIpc) is 3.13. The van der Waals surface area contributed by atoms with Gasteiger partial charge >= 0.3 is 6.18 Å². The Morgan fingerprint density at radius 2 is 1.69 bits per heavy atom. The first-order valence-corrected chi connectivity index (χ1v) is 10.5. The van der Waals surface area contributed by atoms with Crippen LogP contribution in [0.25, 0.3) is 0 Å². The van der Waals surface area contributed by atoms with Gasteiger partial charge < -0.3 is 20.3 Å². The molecule has 1 saturated heterocycles. The molecule has 0 spiro atoms. The van der Waals surface area contributed by atoms with Gasteiger partial charge in [0.05, 0.1) is 16.7 Å². The van der Waals surface area contributed by atoms with Crippen molar-refractivity contribution in [2.45, 2.75) is 64.5 Å². The average molecular weight is 462 g/mol. The van der Waals surface area contributed by atoms with Crippen LogP contribution >= 0.6 is 0 Å². The van der Waals surface area contributed by atoms with Crippen molar-refractivity contribution in [2.24, 2.45) is 17.8 Å². The number of fused-ring (bicyclic) bond motifs is 1. The van der Waals surface area contributed by atoms with E-state index in [1.54, 1.807) is 4.90 Å². The molecular formula is C22H30F4N2O4. The number of halogens is 4. The third-order valence-electron chi connectivity index (χ3n) is 6.05. The second-order valence-corrected chi connectivity index (χ2v) is 10.2. The molecule has 1 amide bonds. The van der Waals surface area contributed by atoms with Gasteiger partial charge in [-0.25, -0.2) is 4.39 Å². The summed E-state index contributed by atoms with van der Waals surface area (Å²) >= 11 is 0. The van der Waals surface area contributed by atoms with Crippen molar-refractivity contribution in [1.29, 1.82) is 0 Å². The Labute approximate surface area is 184 Å². The van der Waals surface area contributed by atoms with E-state index in [1.165, 1.54) is 13.8 Å². The number of hydrogen-bond donors (Lipinski definition) is 3. The predicted octanol–water partition coefficient (Wildman–Crippen LogP) is 3.04. The Hall–Kier alpha value is -1.75. The third kappa shape index (κ3) is 5.08. The van der Waals surface area contributed by atoms with Gasteiger partial charge in [0, 0.05) is 24.6 Å². The number of alkyl halides is 3. The highest BCUT2D eigenvalue weighted by atomic mass is 19.4. The minimum atomic E-state index is -4.90. The summed E-state index contributed by atoms with van der Waals surface area (Å²) in [7, 11) is 0. The molecule has 1 aromatic rings. The predicted molar refractivity (Wildman–Crippen MR) is 107 cm³/mol. The van der Waals surface area contributed by atoms with Crippen LogP contribution in [0.3, 0.4) is 0 Å². The van der Waals surface area contributed by atoms with E-state index in [-0.39, 0.29) is 23.7 Å². The second kappa shape index (κ2) is 8.23. The van der Waals surface area contributed by atoms with Gasteiger partial charge in [-0.2, -0.15) is 13.2 Å². The van der Waals surface area contributed by atoms with Gasteiger partial charge in [0.25, 0.3) is 0 Å². The Morgan fingerprint density at radius 3 is 2.19 bits per heavy atom. The minimum Gasteiger partial charge on any atom is -0.386 e. The van der Waals surface area contributed by atoms with E-state index in [0.29, 0.717) is 19.2 Å². The highest BCUT2D eigenvalue weighted by Crippen LogP contribution is 2.52. The topological polar surface area (TPSA) is 82.0 Å². The van der Waals surface area contributed by atoms with Gasteiger partial charge in [-0.1, -0.05) is 12.1 Å². The summed E-state index contributed by atoms with van der Waals surface area (Å²) < 4.78 is 59.0. The number of ether oxygens (including phenoxy) is 1. The molecule has 2 unspecified atom stereocenters. The first-order chi connectivity index (χ1) is 14.5. The van der Waals surface area contributed by atoms with Gasteiger partial charge in [-0.05, 0) is 52.5 Å². The van der Waals surface area contributed by atoms with Crippen LogP contribution in [0, 0.1) is 23.6 Å². The molecule has 0 radical (unpaired) electrons. The number of aliphatic hydroxyl groups excluding tert-OH is 2. The molecule has 0 bridgehead atoms. The smallest absolute Gasteiger partial charge is 0.386 e. The summed E-state index contributed by atoms with van der Waals surface area (Å²) in [5, 5.41) is 23.5. The summed E-state index contributed by atoms with van der Waals surface area (Å²) in [5.41, 5.74) is -3.94. The third-order valence-corrected chi connectivity index (χ3v) is 6.05. The SMILES string of the molecule is CC(C)(C)OC(O)N1C[C@@H]2[C@H](C1)[C@H]2C(=O)NC(C)(C)C(O)c1cccc(C(F)(F)F)c1F. The number of carbonyl (C=O) groups excluding carboxylic acids is 1. The largest absolute Gasteiger partial charge is 0.419 e. The number of nitrogens with zero attached hydrogens (tertiary/aromatic N) is 1. The van der Waals surface area contributed by atoms with Gasteiger partial charge in [-0.15, -0.1) is 0 Å². The molecule has 2 fully saturated rings. The monoisotopic (exact) mass is 462 g/mol. The van der Waals surface area contributed by atoms with Crippen molar-refractivity contribution in [2.75, 3.05) is 13.1 Å². The van der Waals surface area contributed by atoms with E-state index in [9.17, 15) is 32.6 Å². The minimum absolute atomic E-state index is 0.00598. The molecule has 1 aliphatic heterocycles. The molecule has 32 heavy (non-hydrogen) atoms. The van der Waals surface area contributed by atoms with E-state index in [1.807, 2.05) is 20.8 Å². The van der Waals surface area contributed by atoms with Gasteiger partial charge in [0.1, 0.15) is 11.9 Å². The molecule has 3 N–H and O–H groups in total. The number of piperidine rings is 1. The zero-order chi connectivity index (χ0) is 24.2. The molecule has 180 valence electrons. The summed E-state index contributed by atoms with van der Waals surface area (Å²) in [4.78, 5) is 14.5. The molecule has 2 aliphatic rings. The molecule has 1 heterocycles. The van der Waals surface area contributed by atoms with Crippen molar-refractivity contribution in [3.8, 4) is 0 Å². The van der Waals surface area contributed by atoms with Gasteiger partial charge in [0.2, 0.25) is 12.3 Å². The summed E-state index contributed by atoms with van der Waals surface area (Å²) in [5.74, 6) is -2.24. The highest BCUT2D eigenvalue weighted by Gasteiger charge is 2.61. The zero-order valence-corrected chi connectivity index (χ0v) is 18.7. The molecular weight excluding hydrogens is 432 g/mol. The Morgan fingerprint density at radius 1 is 1.12 bits per heavy atom. The summed E-state index contributed by atoms with van der Waals surface area (Å²) in [6.45, 7) is 9.26. The van der Waals surface area contributed by atoms with E-state index < -0.39 is 46.8 Å². The number of rotatable bonds is 6. The lowest BCUT2D eigenvalue weighted by atomic mass is 9.89. The summed E-state index contributed by atoms with van der Waals surface area (Å²) in [6.07, 6.45) is -7.66. The van der Waals surface area contributed by atoms with Crippen LogP contribution in [0.4, 0.5) is 17.6 Å². The van der Waals surface area contributed by atoms with E-state index >= 15 is 0 Å². The quantitative estimate of drug-likeness (QED) is 0.447. The number of nitrogens with one attached hydrogen (secondary N) is 1. The fourth-order valence-electron chi connectivity index (χ4n) is 4.36. The second-order valence-electron chi connectivity index (χ2n) is 10.2. The van der Waals surface area contributed by atoms with Crippen molar-refractivity contribution in [3.05, 3.63) is 35.1 Å². The van der Waals surface area contributed by atoms with Crippen molar-refractivity contribution >= 4 is 5.91 Å². The van der Waals surface area contributed by atoms with E-state index in [2.05, 4.69) is 5.32 Å². The maximum absolute atomic E-state index is 14.4. The van der Waals surface area contributed by atoms with Crippen LogP contribution < -0.4 is 5.32 Å². The molecule has 3 rings (SSSR count). The van der Waals surface area contributed by atoms with Crippen LogP contribution in [0.15, 0.2) is 18.2 Å². The van der Waals surface area contributed by atoms with Crippen LogP contribution in [0.5, 0.6) is 0 Å². The number of benzene rings is 1. The first kappa shape index (κ1) is 24.9. The maximum atomic E-state index is 14.4. The molecule has 6 nitrogen and oxygen atoms in total. The van der Waals surface area contributed by atoms with Gasteiger partial charge in [-0.3, -0.25) is 9.69 Å². The fourth-order valence-corrected chi connectivity index (χ4v) is 4.36. The Bertz CT molecular complexity index is 856. The zero-order valence-electron chi connectivity index (χ0n) is 18.7. The van der Waals surface area contributed by atoms with Crippen LogP contribution in [-0.4, -0.2) is 51.7 Å². The molecule has 1 aromatic carbocycles. The lowest BCUT2D eigenvalue weighted by Gasteiger charge is -2.33. The number of carbonyl (C=O) groups is 1. The van der Waals surface area contributed by atoms with Crippen molar-refractivity contribution in [1.82, 2.24) is 10.2 Å². The Balaban J connectivity index is 1.62. The van der Waals surface area contributed by atoms with Crippen LogP contribution in [-0.2, 0) is 15.7 Å². The molecule has 5 atom stereocenters. The van der Waals surface area contributed by atoms with E-state index in [0.717, 1.165) is 12.1 Å².